The molecule has 23 heavy (non-hydrogen) atoms. The molecular weight excluding hydrogens is 290 g/mol. The van der Waals surface area contributed by atoms with E-state index in [9.17, 15) is 4.79 Å². The molecule has 2 aromatic rings. The molecular formula is C18H21N3O2. The van der Waals surface area contributed by atoms with E-state index in [0.29, 0.717) is 17.5 Å². The monoisotopic (exact) mass is 311 g/mol. The molecule has 1 aliphatic rings. The zero-order chi connectivity index (χ0) is 16.4. The second kappa shape index (κ2) is 6.38. The molecule has 2 heterocycles. The average Bonchev–Trinajstić information content (AvgIpc) is 2.55. The van der Waals surface area contributed by atoms with E-state index in [2.05, 4.69) is 29.8 Å². The maximum atomic E-state index is 11.1. The van der Waals surface area contributed by atoms with Gasteiger partial charge in [-0.25, -0.2) is 4.98 Å². The molecule has 3 rings (SSSR count). The van der Waals surface area contributed by atoms with Crippen LogP contribution in [0.2, 0.25) is 0 Å². The number of nitrogens with zero attached hydrogens (tertiary/aromatic N) is 2. The largest absolute Gasteiger partial charge is 0.439 e. The highest BCUT2D eigenvalue weighted by atomic mass is 16.5. The quantitative estimate of drug-likeness (QED) is 0.942. The van der Waals surface area contributed by atoms with Crippen LogP contribution in [-0.2, 0) is 13.0 Å². The van der Waals surface area contributed by atoms with Crippen molar-refractivity contribution >= 4 is 5.91 Å². The molecule has 2 N–H and O–H groups in total. The van der Waals surface area contributed by atoms with E-state index in [0.717, 1.165) is 25.3 Å². The van der Waals surface area contributed by atoms with E-state index >= 15 is 0 Å². The highest BCUT2D eigenvalue weighted by Crippen LogP contribution is 2.31. The number of fused-ring (bicyclic) bond motifs is 1. The van der Waals surface area contributed by atoms with Gasteiger partial charge in [-0.05, 0) is 38.0 Å². The van der Waals surface area contributed by atoms with Crippen molar-refractivity contribution in [1.82, 2.24) is 9.88 Å². The molecule has 1 aliphatic heterocycles. The molecule has 0 unspecified atom stereocenters. The van der Waals surface area contributed by atoms with Crippen molar-refractivity contribution in [1.29, 1.82) is 0 Å². The van der Waals surface area contributed by atoms with Gasteiger partial charge in [0.25, 0.3) is 0 Å². The van der Waals surface area contributed by atoms with Gasteiger partial charge >= 0.3 is 0 Å². The molecule has 5 nitrogen and oxygen atoms in total. The molecule has 0 bridgehead atoms. The van der Waals surface area contributed by atoms with Crippen LogP contribution < -0.4 is 10.5 Å². The van der Waals surface area contributed by atoms with Gasteiger partial charge < -0.3 is 10.5 Å². The number of hydrogen-bond acceptors (Lipinski definition) is 4. The summed E-state index contributed by atoms with van der Waals surface area (Å²) in [4.78, 5) is 17.7. The van der Waals surface area contributed by atoms with Crippen LogP contribution >= 0.6 is 0 Å². The average molecular weight is 311 g/mol. The van der Waals surface area contributed by atoms with Crippen LogP contribution in [0, 0.1) is 0 Å². The zero-order valence-electron chi connectivity index (χ0n) is 13.5. The summed E-state index contributed by atoms with van der Waals surface area (Å²) in [6.07, 6.45) is 2.40. The fourth-order valence-electron chi connectivity index (χ4n) is 2.83. The van der Waals surface area contributed by atoms with Crippen molar-refractivity contribution in [2.75, 3.05) is 6.54 Å². The molecule has 0 atom stereocenters. The minimum atomic E-state index is -0.491. The van der Waals surface area contributed by atoms with E-state index < -0.39 is 5.91 Å². The Morgan fingerprint density at radius 1 is 1.30 bits per heavy atom. The van der Waals surface area contributed by atoms with Gasteiger partial charge in [0.05, 0.1) is 5.56 Å². The van der Waals surface area contributed by atoms with Gasteiger partial charge in [0.2, 0.25) is 11.8 Å². The molecule has 0 radical (unpaired) electrons. The van der Waals surface area contributed by atoms with Gasteiger partial charge in [-0.2, -0.15) is 0 Å². The molecule has 0 aliphatic carbocycles. The summed E-state index contributed by atoms with van der Waals surface area (Å²) >= 11 is 0. The first kappa shape index (κ1) is 15.5. The molecule has 1 aromatic heterocycles. The predicted molar refractivity (Wildman–Crippen MR) is 88.5 cm³/mol. The number of amides is 1. The van der Waals surface area contributed by atoms with Gasteiger partial charge in [0, 0.05) is 37.0 Å². The van der Waals surface area contributed by atoms with Crippen LogP contribution in [0.15, 0.2) is 36.5 Å². The summed E-state index contributed by atoms with van der Waals surface area (Å²) in [6, 6.07) is 9.96. The van der Waals surface area contributed by atoms with Crippen LogP contribution in [0.5, 0.6) is 11.6 Å². The fourth-order valence-corrected chi connectivity index (χ4v) is 2.83. The molecule has 5 heteroatoms. The van der Waals surface area contributed by atoms with Crippen molar-refractivity contribution in [2.24, 2.45) is 5.73 Å². The number of benzene rings is 1. The van der Waals surface area contributed by atoms with Gasteiger partial charge in [-0.15, -0.1) is 0 Å². The summed E-state index contributed by atoms with van der Waals surface area (Å²) in [5.41, 5.74) is 8.14. The Morgan fingerprint density at radius 3 is 2.78 bits per heavy atom. The third-order valence-electron chi connectivity index (χ3n) is 4.22. The molecule has 120 valence electrons. The Balaban J connectivity index is 1.82. The van der Waals surface area contributed by atoms with E-state index in [-0.39, 0.29) is 0 Å². The number of primary amides is 1. The summed E-state index contributed by atoms with van der Waals surface area (Å²) in [6.45, 7) is 6.41. The van der Waals surface area contributed by atoms with Crippen molar-refractivity contribution in [3.63, 3.8) is 0 Å². The minimum absolute atomic E-state index is 0.375. The summed E-state index contributed by atoms with van der Waals surface area (Å²) in [5, 5.41) is 0. The lowest BCUT2D eigenvalue weighted by Gasteiger charge is -2.32. The Bertz CT molecular complexity index is 711. The standard InChI is InChI=1S/C18H21N3O2/c1-12(2)21-9-8-15-14(11-21)4-3-5-16(15)23-17-7-6-13(10-20-17)18(19)22/h3-7,10,12H,8-9,11H2,1-2H3,(H2,19,22). The SMILES string of the molecule is CC(C)N1CCc2c(cccc2Oc2ccc(C(N)=O)cn2)C1. The number of ether oxygens (including phenoxy) is 1. The van der Waals surface area contributed by atoms with E-state index in [1.54, 1.807) is 12.1 Å². The maximum Gasteiger partial charge on any atom is 0.250 e. The zero-order valence-corrected chi connectivity index (χ0v) is 13.5. The normalized spacial score (nSPS) is 14.6. The molecule has 1 amide bonds. The molecule has 0 spiro atoms. The van der Waals surface area contributed by atoms with E-state index in [4.69, 9.17) is 10.5 Å². The molecule has 0 saturated heterocycles. The second-order valence-corrected chi connectivity index (χ2v) is 6.06. The van der Waals surface area contributed by atoms with Crippen molar-refractivity contribution in [2.45, 2.75) is 32.9 Å². The lowest BCUT2D eigenvalue weighted by atomic mass is 9.98. The first-order valence-electron chi connectivity index (χ1n) is 7.83. The summed E-state index contributed by atoms with van der Waals surface area (Å²) in [5.74, 6) is 0.815. The van der Waals surface area contributed by atoms with Crippen molar-refractivity contribution < 1.29 is 9.53 Å². The number of rotatable bonds is 4. The van der Waals surface area contributed by atoms with Crippen LogP contribution in [0.25, 0.3) is 0 Å². The highest BCUT2D eigenvalue weighted by molar-refractivity contribution is 5.92. The number of carbonyl (C=O) groups is 1. The number of carbonyl (C=O) groups excluding carboxylic acids is 1. The number of hydrogen-bond donors (Lipinski definition) is 1. The van der Waals surface area contributed by atoms with Gasteiger partial charge in [-0.1, -0.05) is 12.1 Å². The summed E-state index contributed by atoms with van der Waals surface area (Å²) in [7, 11) is 0. The Morgan fingerprint density at radius 2 is 2.13 bits per heavy atom. The lowest BCUT2D eigenvalue weighted by Crippen LogP contribution is -2.35. The number of aromatic nitrogens is 1. The van der Waals surface area contributed by atoms with Crippen LogP contribution in [0.4, 0.5) is 0 Å². The molecule has 0 saturated carbocycles. The lowest BCUT2D eigenvalue weighted by molar-refractivity contribution is 0.1000. The van der Waals surface area contributed by atoms with Crippen LogP contribution in [-0.4, -0.2) is 28.4 Å². The van der Waals surface area contributed by atoms with Crippen molar-refractivity contribution in [3.8, 4) is 11.6 Å². The van der Waals surface area contributed by atoms with Gasteiger partial charge in [0.15, 0.2) is 0 Å². The number of nitrogens with two attached hydrogens (primary N) is 1. The predicted octanol–water partition coefficient (Wildman–Crippen LogP) is 2.74. The highest BCUT2D eigenvalue weighted by Gasteiger charge is 2.21. The Kier molecular flexibility index (Phi) is 4.30. The summed E-state index contributed by atoms with van der Waals surface area (Å²) < 4.78 is 5.93. The fraction of sp³-hybridized carbons (Fsp3) is 0.333. The minimum Gasteiger partial charge on any atom is -0.439 e. The van der Waals surface area contributed by atoms with Crippen LogP contribution in [0.3, 0.4) is 0 Å². The third-order valence-corrected chi connectivity index (χ3v) is 4.22. The van der Waals surface area contributed by atoms with Crippen molar-refractivity contribution in [3.05, 3.63) is 53.2 Å². The maximum absolute atomic E-state index is 11.1. The molecule has 0 fully saturated rings. The Hall–Kier alpha value is -2.40. The first-order chi connectivity index (χ1) is 11.0. The first-order valence-corrected chi connectivity index (χ1v) is 7.83. The second-order valence-electron chi connectivity index (χ2n) is 6.06. The Labute approximate surface area is 136 Å². The third kappa shape index (κ3) is 3.35. The topological polar surface area (TPSA) is 68.5 Å². The van der Waals surface area contributed by atoms with E-state index in [1.165, 1.54) is 17.3 Å². The van der Waals surface area contributed by atoms with Gasteiger partial charge in [0.1, 0.15) is 5.75 Å². The van der Waals surface area contributed by atoms with E-state index in [1.807, 2.05) is 12.1 Å². The van der Waals surface area contributed by atoms with Gasteiger partial charge in [-0.3, -0.25) is 9.69 Å². The number of pyridine rings is 1. The molecule has 1 aromatic carbocycles. The smallest absolute Gasteiger partial charge is 0.250 e. The van der Waals surface area contributed by atoms with Crippen LogP contribution in [0.1, 0.15) is 35.3 Å².